The zero-order valence-corrected chi connectivity index (χ0v) is 14.4. The molecule has 130 valence electrons. The van der Waals surface area contributed by atoms with E-state index >= 15 is 0 Å². The second-order valence-corrected chi connectivity index (χ2v) is 5.02. The van der Waals surface area contributed by atoms with Crippen LogP contribution < -0.4 is 15.4 Å². The summed E-state index contributed by atoms with van der Waals surface area (Å²) in [5.41, 5.74) is 1.80. The van der Waals surface area contributed by atoms with E-state index in [1.807, 2.05) is 6.07 Å². The number of carbonyl (C=O) groups is 1. The van der Waals surface area contributed by atoms with Gasteiger partial charge < -0.3 is 15.4 Å². The van der Waals surface area contributed by atoms with Crippen LogP contribution in [-0.4, -0.2) is 24.0 Å². The zero-order chi connectivity index (χ0) is 15.4. The van der Waals surface area contributed by atoms with Crippen LogP contribution in [0.3, 0.4) is 0 Å². The van der Waals surface area contributed by atoms with E-state index in [1.165, 1.54) is 6.20 Å². The third-order valence-electron chi connectivity index (χ3n) is 3.49. The lowest BCUT2D eigenvalue weighted by atomic mass is 9.99. The summed E-state index contributed by atoms with van der Waals surface area (Å²) in [6.45, 7) is 1.21. The summed E-state index contributed by atoms with van der Waals surface area (Å²) >= 11 is 0. The number of halogens is 3. The summed E-state index contributed by atoms with van der Waals surface area (Å²) in [5.74, 6) is -0.264. The van der Waals surface area contributed by atoms with Crippen LogP contribution in [0.5, 0.6) is 5.75 Å². The number of fused-ring (bicyclic) bond motifs is 1. The Morgan fingerprint density at radius 3 is 2.92 bits per heavy atom. The molecule has 1 aliphatic rings. The van der Waals surface area contributed by atoms with Gasteiger partial charge >= 0.3 is 0 Å². The predicted molar refractivity (Wildman–Crippen MR) is 94.7 cm³/mol. The van der Waals surface area contributed by atoms with Crippen LogP contribution in [0, 0.1) is 5.82 Å². The van der Waals surface area contributed by atoms with E-state index in [1.54, 1.807) is 24.4 Å². The van der Waals surface area contributed by atoms with Crippen molar-refractivity contribution in [1.82, 2.24) is 10.3 Å². The normalized spacial score (nSPS) is 12.2. The minimum Gasteiger partial charge on any atom is -0.482 e. The molecule has 0 saturated carbocycles. The summed E-state index contributed by atoms with van der Waals surface area (Å²) in [5, 5.41) is 5.74. The highest BCUT2D eigenvalue weighted by Gasteiger charge is 2.17. The van der Waals surface area contributed by atoms with Crippen molar-refractivity contribution in [3.63, 3.8) is 0 Å². The lowest BCUT2D eigenvalue weighted by molar-refractivity contribution is -0.118. The van der Waals surface area contributed by atoms with Gasteiger partial charge in [0, 0.05) is 12.7 Å². The summed E-state index contributed by atoms with van der Waals surface area (Å²) in [6, 6.07) is 6.84. The number of carbonyl (C=O) groups excluding carboxylic acids is 1. The summed E-state index contributed by atoms with van der Waals surface area (Å²) in [7, 11) is 0. The van der Waals surface area contributed by atoms with Crippen molar-refractivity contribution < 1.29 is 13.9 Å². The molecule has 0 bridgehead atoms. The van der Waals surface area contributed by atoms with Crippen molar-refractivity contribution >= 4 is 36.4 Å². The molecule has 0 spiro atoms. The predicted octanol–water partition coefficient (Wildman–Crippen LogP) is 2.73. The molecule has 0 radical (unpaired) electrons. The van der Waals surface area contributed by atoms with E-state index < -0.39 is 5.91 Å². The summed E-state index contributed by atoms with van der Waals surface area (Å²) in [4.78, 5) is 15.8. The Bertz CT molecular complexity index is 687. The topological polar surface area (TPSA) is 63.2 Å². The van der Waals surface area contributed by atoms with Gasteiger partial charge in [-0.25, -0.2) is 4.39 Å². The third kappa shape index (κ3) is 4.80. The van der Waals surface area contributed by atoms with Crippen LogP contribution in [0.1, 0.15) is 11.1 Å². The fourth-order valence-corrected chi connectivity index (χ4v) is 2.40. The number of rotatable bonds is 4. The molecule has 0 unspecified atom stereocenters. The number of amides is 1. The number of benzene rings is 1. The fraction of sp³-hybridized carbons (Fsp3) is 0.250. The van der Waals surface area contributed by atoms with Gasteiger partial charge in [0.2, 0.25) is 0 Å². The molecule has 5 nitrogen and oxygen atoms in total. The Hall–Kier alpha value is -1.89. The maximum Gasteiger partial charge on any atom is 0.262 e. The van der Waals surface area contributed by atoms with Crippen LogP contribution in [0.4, 0.5) is 10.1 Å². The molecular formula is C16H18Cl2FN3O2. The Kier molecular flexibility index (Phi) is 7.91. The molecule has 2 N–H and O–H groups in total. The minimum absolute atomic E-state index is 0. The molecule has 3 rings (SSSR count). The first-order chi connectivity index (χ1) is 10.7. The van der Waals surface area contributed by atoms with E-state index in [0.29, 0.717) is 24.3 Å². The fourth-order valence-electron chi connectivity index (χ4n) is 2.40. The Balaban J connectivity index is 0.00000144. The smallest absolute Gasteiger partial charge is 0.262 e. The Labute approximate surface area is 151 Å². The molecule has 0 saturated heterocycles. The average molecular weight is 374 g/mol. The number of anilines is 1. The van der Waals surface area contributed by atoms with Crippen LogP contribution >= 0.6 is 24.8 Å². The van der Waals surface area contributed by atoms with Gasteiger partial charge in [-0.05, 0) is 42.3 Å². The molecule has 1 aromatic heterocycles. The second-order valence-electron chi connectivity index (χ2n) is 5.02. The molecule has 0 atom stereocenters. The minimum atomic E-state index is -0.406. The van der Waals surface area contributed by atoms with Crippen LogP contribution in [0.15, 0.2) is 36.7 Å². The largest absolute Gasteiger partial charge is 0.482 e. The first-order valence-electron chi connectivity index (χ1n) is 7.07. The molecule has 0 aliphatic carbocycles. The zero-order valence-electron chi connectivity index (χ0n) is 12.8. The molecule has 2 heterocycles. The van der Waals surface area contributed by atoms with Crippen molar-refractivity contribution in [2.75, 3.05) is 18.5 Å². The molecule has 2 aromatic rings. The van der Waals surface area contributed by atoms with Gasteiger partial charge in [0.1, 0.15) is 11.6 Å². The highest BCUT2D eigenvalue weighted by molar-refractivity contribution is 5.92. The lowest BCUT2D eigenvalue weighted by Crippen LogP contribution is -2.26. The van der Waals surface area contributed by atoms with Crippen molar-refractivity contribution in [1.29, 1.82) is 0 Å². The van der Waals surface area contributed by atoms with Gasteiger partial charge in [-0.2, -0.15) is 0 Å². The van der Waals surface area contributed by atoms with E-state index in [9.17, 15) is 9.18 Å². The molecule has 1 amide bonds. The van der Waals surface area contributed by atoms with Crippen LogP contribution in [0.2, 0.25) is 0 Å². The van der Waals surface area contributed by atoms with Crippen molar-refractivity contribution in [2.45, 2.75) is 13.0 Å². The average Bonchev–Trinajstić information content (AvgIpc) is 2.57. The maximum atomic E-state index is 14.4. The number of hydrogen-bond donors (Lipinski definition) is 2. The molecule has 24 heavy (non-hydrogen) atoms. The van der Waals surface area contributed by atoms with Gasteiger partial charge in [0.05, 0.1) is 11.9 Å². The van der Waals surface area contributed by atoms with Crippen molar-refractivity contribution in [3.05, 3.63) is 53.6 Å². The van der Waals surface area contributed by atoms with Gasteiger partial charge in [-0.15, -0.1) is 24.8 Å². The molecular weight excluding hydrogens is 356 g/mol. The second kappa shape index (κ2) is 9.42. The maximum absolute atomic E-state index is 14.4. The standard InChI is InChI=1S/C16H16FN3O2.2ClH/c17-16-13-5-7-19-8-11(13)3-4-14(16)20-15(21)10-22-12-2-1-6-18-9-12;;/h1-4,6,9,19H,5,7-8,10H2,(H,20,21);2*1H. The number of aromatic nitrogens is 1. The van der Waals surface area contributed by atoms with E-state index in [0.717, 1.165) is 12.1 Å². The number of hydrogen-bond acceptors (Lipinski definition) is 4. The van der Waals surface area contributed by atoms with Gasteiger partial charge in [-0.1, -0.05) is 6.07 Å². The molecule has 1 aromatic carbocycles. The quantitative estimate of drug-likeness (QED) is 0.864. The van der Waals surface area contributed by atoms with Crippen molar-refractivity contribution in [3.8, 4) is 5.75 Å². The number of ether oxygens (including phenoxy) is 1. The molecule has 0 fully saturated rings. The summed E-state index contributed by atoms with van der Waals surface area (Å²) < 4.78 is 19.7. The highest BCUT2D eigenvalue weighted by atomic mass is 35.5. The molecule has 1 aliphatic heterocycles. The monoisotopic (exact) mass is 373 g/mol. The van der Waals surface area contributed by atoms with Gasteiger partial charge in [0.15, 0.2) is 6.61 Å². The number of nitrogens with zero attached hydrogens (tertiary/aromatic N) is 1. The highest BCUT2D eigenvalue weighted by Crippen LogP contribution is 2.24. The Morgan fingerprint density at radius 2 is 2.17 bits per heavy atom. The third-order valence-corrected chi connectivity index (χ3v) is 3.49. The molecule has 8 heteroatoms. The first kappa shape index (κ1) is 20.2. The SMILES string of the molecule is Cl.Cl.O=C(COc1cccnc1)Nc1ccc2c(c1F)CCNC2. The summed E-state index contributed by atoms with van der Waals surface area (Å²) in [6.07, 6.45) is 3.75. The van der Waals surface area contributed by atoms with E-state index in [4.69, 9.17) is 4.74 Å². The van der Waals surface area contributed by atoms with Gasteiger partial charge in [-0.3, -0.25) is 9.78 Å². The first-order valence-corrected chi connectivity index (χ1v) is 7.07. The van der Waals surface area contributed by atoms with E-state index in [-0.39, 0.29) is 42.9 Å². The van der Waals surface area contributed by atoms with Gasteiger partial charge in [0.25, 0.3) is 5.91 Å². The number of nitrogens with one attached hydrogen (secondary N) is 2. The van der Waals surface area contributed by atoms with Crippen LogP contribution in [-0.2, 0) is 17.8 Å². The van der Waals surface area contributed by atoms with Crippen molar-refractivity contribution in [2.24, 2.45) is 0 Å². The van der Waals surface area contributed by atoms with E-state index in [2.05, 4.69) is 15.6 Å². The lowest BCUT2D eigenvalue weighted by Gasteiger charge is -2.19. The van der Waals surface area contributed by atoms with Crippen LogP contribution in [0.25, 0.3) is 0 Å². The Morgan fingerprint density at radius 1 is 1.33 bits per heavy atom. The number of pyridine rings is 1.